The van der Waals surface area contributed by atoms with Crippen molar-refractivity contribution in [3.8, 4) is 11.1 Å². The Hall–Kier alpha value is -1.67. The van der Waals surface area contributed by atoms with Crippen molar-refractivity contribution in [1.82, 2.24) is 9.88 Å². The molecule has 3 atom stereocenters. The summed E-state index contributed by atoms with van der Waals surface area (Å²) in [6.07, 6.45) is 12.1. The maximum absolute atomic E-state index is 4.18. The second kappa shape index (κ2) is 5.42. The molecule has 1 aliphatic heterocycles. The van der Waals surface area contributed by atoms with Crippen molar-refractivity contribution in [3.63, 3.8) is 0 Å². The Kier molecular flexibility index (Phi) is 3.31. The fraction of sp³-hybridized carbons (Fsp3) is 0.500. The molecule has 5 rings (SSSR count). The van der Waals surface area contributed by atoms with Crippen LogP contribution in [0.2, 0.25) is 0 Å². The fourth-order valence-electron chi connectivity index (χ4n) is 5.92. The van der Waals surface area contributed by atoms with E-state index in [1.165, 1.54) is 56.2 Å². The predicted octanol–water partition coefficient (Wildman–Crippen LogP) is 4.44. The number of benzene rings is 1. The molecule has 2 aliphatic carbocycles. The molecule has 0 unspecified atom stereocenters. The number of nitrogens with zero attached hydrogens (tertiary/aromatic N) is 2. The molecule has 2 heteroatoms. The molecule has 3 aliphatic rings. The summed E-state index contributed by atoms with van der Waals surface area (Å²) in [5.74, 6) is 0.866. The molecule has 0 amide bonds. The quantitative estimate of drug-likeness (QED) is 0.773. The standard InChI is InChI=1S/C22H26N2/c1-24-13-10-22-9-3-2-4-19(22)21(24)15-18-6-5-17(14-20(18)22)16-7-11-23-12-8-16/h5-8,11-12,14,19,21H,2-4,9-10,13,15H2,1H3/t19-,21+,22+/m0/s1. The lowest BCUT2D eigenvalue weighted by Crippen LogP contribution is -2.59. The molecular formula is C22H26N2. The Morgan fingerprint density at radius 1 is 1.04 bits per heavy atom. The van der Waals surface area contributed by atoms with E-state index in [-0.39, 0.29) is 0 Å². The molecule has 1 saturated carbocycles. The second-order valence-corrected chi connectivity index (χ2v) is 8.12. The summed E-state index contributed by atoms with van der Waals surface area (Å²) in [5.41, 5.74) is 6.42. The van der Waals surface area contributed by atoms with Crippen molar-refractivity contribution in [2.45, 2.75) is 50.0 Å². The summed E-state index contributed by atoms with van der Waals surface area (Å²) in [7, 11) is 2.35. The summed E-state index contributed by atoms with van der Waals surface area (Å²) in [6.45, 7) is 1.26. The van der Waals surface area contributed by atoms with Crippen LogP contribution in [-0.2, 0) is 11.8 Å². The maximum atomic E-state index is 4.18. The van der Waals surface area contributed by atoms with E-state index in [9.17, 15) is 0 Å². The van der Waals surface area contributed by atoms with Gasteiger partial charge >= 0.3 is 0 Å². The normalized spacial score (nSPS) is 32.0. The van der Waals surface area contributed by atoms with Crippen molar-refractivity contribution < 1.29 is 0 Å². The van der Waals surface area contributed by atoms with Crippen molar-refractivity contribution in [1.29, 1.82) is 0 Å². The Morgan fingerprint density at radius 3 is 2.79 bits per heavy atom. The zero-order valence-electron chi connectivity index (χ0n) is 14.5. The third kappa shape index (κ3) is 2.02. The summed E-state index contributed by atoms with van der Waals surface area (Å²) < 4.78 is 0. The molecule has 2 aromatic rings. The van der Waals surface area contributed by atoms with E-state index in [0.717, 1.165) is 12.0 Å². The highest BCUT2D eigenvalue weighted by molar-refractivity contribution is 5.65. The molecule has 0 N–H and O–H groups in total. The van der Waals surface area contributed by atoms with Gasteiger partial charge in [-0.15, -0.1) is 0 Å². The van der Waals surface area contributed by atoms with Crippen LogP contribution in [0.4, 0.5) is 0 Å². The highest BCUT2D eigenvalue weighted by atomic mass is 15.1. The lowest BCUT2D eigenvalue weighted by atomic mass is 9.52. The highest BCUT2D eigenvalue weighted by Gasteiger charge is 2.52. The molecule has 2 nitrogen and oxygen atoms in total. The Labute approximate surface area is 144 Å². The van der Waals surface area contributed by atoms with E-state index < -0.39 is 0 Å². The zero-order valence-corrected chi connectivity index (χ0v) is 14.5. The summed E-state index contributed by atoms with van der Waals surface area (Å²) in [4.78, 5) is 6.82. The van der Waals surface area contributed by atoms with Crippen LogP contribution < -0.4 is 0 Å². The van der Waals surface area contributed by atoms with Crippen LogP contribution in [0.3, 0.4) is 0 Å². The summed E-state index contributed by atoms with van der Waals surface area (Å²) >= 11 is 0. The smallest absolute Gasteiger partial charge is 0.0273 e. The molecular weight excluding hydrogens is 292 g/mol. The molecule has 2 bridgehead atoms. The minimum Gasteiger partial charge on any atom is -0.303 e. The SMILES string of the molecule is CN1CC[C@]23CCCC[C@H]2[C@H]1Cc1ccc(-c2ccncc2)cc13. The lowest BCUT2D eigenvalue weighted by Gasteiger charge is -2.58. The molecule has 24 heavy (non-hydrogen) atoms. The van der Waals surface area contributed by atoms with E-state index in [2.05, 4.69) is 47.3 Å². The third-order valence-corrected chi connectivity index (χ3v) is 7.13. The van der Waals surface area contributed by atoms with Gasteiger partial charge in [-0.05, 0) is 79.6 Å². The molecule has 1 aromatic heterocycles. The number of likely N-dealkylation sites (N-methyl/N-ethyl adjacent to an activating group) is 1. The van der Waals surface area contributed by atoms with E-state index in [0.29, 0.717) is 5.41 Å². The van der Waals surface area contributed by atoms with Gasteiger partial charge in [0.15, 0.2) is 0 Å². The highest BCUT2D eigenvalue weighted by Crippen LogP contribution is 2.55. The Morgan fingerprint density at radius 2 is 1.92 bits per heavy atom. The average molecular weight is 318 g/mol. The van der Waals surface area contributed by atoms with Crippen molar-refractivity contribution in [2.75, 3.05) is 13.6 Å². The van der Waals surface area contributed by atoms with E-state index in [4.69, 9.17) is 0 Å². The van der Waals surface area contributed by atoms with Gasteiger partial charge in [-0.1, -0.05) is 31.0 Å². The molecule has 1 saturated heterocycles. The number of hydrogen-bond donors (Lipinski definition) is 0. The lowest BCUT2D eigenvalue weighted by molar-refractivity contribution is 0.00290. The molecule has 124 valence electrons. The zero-order chi connectivity index (χ0) is 16.1. The van der Waals surface area contributed by atoms with Crippen LogP contribution in [0.25, 0.3) is 11.1 Å². The van der Waals surface area contributed by atoms with Crippen LogP contribution >= 0.6 is 0 Å². The number of aromatic nitrogens is 1. The van der Waals surface area contributed by atoms with Crippen LogP contribution in [0.5, 0.6) is 0 Å². The van der Waals surface area contributed by atoms with Gasteiger partial charge < -0.3 is 4.90 Å². The number of rotatable bonds is 1. The van der Waals surface area contributed by atoms with Gasteiger partial charge in [0.2, 0.25) is 0 Å². The van der Waals surface area contributed by atoms with Crippen LogP contribution in [-0.4, -0.2) is 29.5 Å². The van der Waals surface area contributed by atoms with Crippen LogP contribution in [0.15, 0.2) is 42.7 Å². The van der Waals surface area contributed by atoms with Crippen LogP contribution in [0, 0.1) is 5.92 Å². The molecule has 2 fully saturated rings. The minimum absolute atomic E-state index is 0.450. The van der Waals surface area contributed by atoms with Gasteiger partial charge in [0, 0.05) is 23.9 Å². The van der Waals surface area contributed by atoms with Gasteiger partial charge in [0.1, 0.15) is 0 Å². The Balaban J connectivity index is 1.66. The number of pyridine rings is 1. The Bertz CT molecular complexity index is 754. The largest absolute Gasteiger partial charge is 0.303 e. The van der Waals surface area contributed by atoms with E-state index >= 15 is 0 Å². The molecule has 0 spiro atoms. The first kappa shape index (κ1) is 14.7. The van der Waals surface area contributed by atoms with Gasteiger partial charge in [0.25, 0.3) is 0 Å². The minimum atomic E-state index is 0.450. The number of likely N-dealkylation sites (tertiary alicyclic amines) is 1. The fourth-order valence-corrected chi connectivity index (χ4v) is 5.92. The predicted molar refractivity (Wildman–Crippen MR) is 98.0 cm³/mol. The first-order valence-electron chi connectivity index (χ1n) is 9.52. The van der Waals surface area contributed by atoms with Crippen molar-refractivity contribution in [3.05, 3.63) is 53.9 Å². The van der Waals surface area contributed by atoms with E-state index in [1.54, 1.807) is 11.1 Å². The maximum Gasteiger partial charge on any atom is 0.0273 e. The van der Waals surface area contributed by atoms with Gasteiger partial charge in [-0.2, -0.15) is 0 Å². The number of piperidine rings is 1. The summed E-state index contributed by atoms with van der Waals surface area (Å²) in [6, 6.07) is 12.3. The third-order valence-electron chi connectivity index (χ3n) is 7.13. The first-order chi connectivity index (χ1) is 11.8. The molecule has 1 aromatic carbocycles. The molecule has 0 radical (unpaired) electrons. The van der Waals surface area contributed by atoms with Gasteiger partial charge in [0.05, 0.1) is 0 Å². The number of hydrogen-bond acceptors (Lipinski definition) is 2. The average Bonchev–Trinajstić information content (AvgIpc) is 2.65. The van der Waals surface area contributed by atoms with E-state index in [1.807, 2.05) is 12.4 Å². The van der Waals surface area contributed by atoms with Gasteiger partial charge in [-0.25, -0.2) is 0 Å². The van der Waals surface area contributed by atoms with Gasteiger partial charge in [-0.3, -0.25) is 4.98 Å². The topological polar surface area (TPSA) is 16.1 Å². The van der Waals surface area contributed by atoms with Crippen LogP contribution in [0.1, 0.15) is 43.2 Å². The monoisotopic (exact) mass is 318 g/mol. The van der Waals surface area contributed by atoms with Crippen molar-refractivity contribution in [2.24, 2.45) is 5.92 Å². The number of fused-ring (bicyclic) bond motifs is 1. The second-order valence-electron chi connectivity index (χ2n) is 8.12. The van der Waals surface area contributed by atoms with Crippen molar-refractivity contribution >= 4 is 0 Å². The first-order valence-corrected chi connectivity index (χ1v) is 9.52. The summed E-state index contributed by atoms with van der Waals surface area (Å²) in [5, 5.41) is 0. The molecule has 2 heterocycles.